The standard InChI is InChI=1S/C14H24N4O2/c1-3-15-12-16-13(19-4-2)18-14(17-12)20-10-11-8-6-5-7-9-11/h11H,3-10H2,1-2H3,(H,15,16,17,18). The fourth-order valence-electron chi connectivity index (χ4n) is 2.38. The number of anilines is 1. The van der Waals surface area contributed by atoms with Crippen LogP contribution < -0.4 is 14.8 Å². The number of nitrogens with zero attached hydrogens (tertiary/aromatic N) is 3. The molecule has 1 aromatic heterocycles. The van der Waals surface area contributed by atoms with Crippen molar-refractivity contribution >= 4 is 5.95 Å². The quantitative estimate of drug-likeness (QED) is 0.828. The molecule has 6 heteroatoms. The van der Waals surface area contributed by atoms with Gasteiger partial charge in [0.2, 0.25) is 5.95 Å². The van der Waals surface area contributed by atoms with Crippen LogP contribution in [0.4, 0.5) is 5.95 Å². The highest BCUT2D eigenvalue weighted by molar-refractivity contribution is 5.27. The van der Waals surface area contributed by atoms with Crippen LogP contribution in [0.3, 0.4) is 0 Å². The molecule has 1 aliphatic rings. The van der Waals surface area contributed by atoms with Crippen molar-refractivity contribution in [1.82, 2.24) is 15.0 Å². The van der Waals surface area contributed by atoms with Gasteiger partial charge in [0.05, 0.1) is 13.2 Å². The molecule has 0 atom stereocenters. The summed E-state index contributed by atoms with van der Waals surface area (Å²) < 4.78 is 11.1. The second-order valence-electron chi connectivity index (χ2n) is 5.00. The lowest BCUT2D eigenvalue weighted by atomic mass is 9.90. The predicted octanol–water partition coefficient (Wildman–Crippen LogP) is 2.66. The maximum atomic E-state index is 5.74. The Morgan fingerprint density at radius 2 is 1.70 bits per heavy atom. The number of nitrogens with one attached hydrogen (secondary N) is 1. The number of ether oxygens (including phenoxy) is 2. The number of hydrogen-bond donors (Lipinski definition) is 1. The summed E-state index contributed by atoms with van der Waals surface area (Å²) in [6.45, 7) is 5.85. The second-order valence-corrected chi connectivity index (χ2v) is 5.00. The summed E-state index contributed by atoms with van der Waals surface area (Å²) in [6, 6.07) is 0.669. The lowest BCUT2D eigenvalue weighted by Gasteiger charge is -2.21. The SMILES string of the molecule is CCNc1nc(OCC)nc(OCC2CCCCC2)n1. The van der Waals surface area contributed by atoms with E-state index < -0.39 is 0 Å². The molecule has 1 aliphatic carbocycles. The first-order chi connectivity index (χ1) is 9.81. The zero-order valence-electron chi connectivity index (χ0n) is 12.4. The van der Waals surface area contributed by atoms with Crippen LogP contribution in [-0.4, -0.2) is 34.7 Å². The molecule has 1 heterocycles. The van der Waals surface area contributed by atoms with Gasteiger partial charge in [-0.15, -0.1) is 4.98 Å². The summed E-state index contributed by atoms with van der Waals surface area (Å²) in [7, 11) is 0. The van der Waals surface area contributed by atoms with Crippen molar-refractivity contribution in [2.24, 2.45) is 5.92 Å². The molecule has 0 saturated heterocycles. The van der Waals surface area contributed by atoms with Crippen LogP contribution >= 0.6 is 0 Å². The van der Waals surface area contributed by atoms with E-state index in [1.54, 1.807) is 0 Å². The Kier molecular flexibility index (Phi) is 5.83. The van der Waals surface area contributed by atoms with Crippen molar-refractivity contribution in [3.63, 3.8) is 0 Å². The van der Waals surface area contributed by atoms with E-state index in [9.17, 15) is 0 Å². The summed E-state index contributed by atoms with van der Waals surface area (Å²) in [6.07, 6.45) is 6.43. The molecule has 0 aliphatic heterocycles. The minimum atomic E-state index is 0.317. The second kappa shape index (κ2) is 7.87. The first-order valence-corrected chi connectivity index (χ1v) is 7.57. The molecule has 1 fully saturated rings. The van der Waals surface area contributed by atoms with Crippen LogP contribution in [0.1, 0.15) is 46.0 Å². The molecular weight excluding hydrogens is 256 g/mol. The predicted molar refractivity (Wildman–Crippen MR) is 77.2 cm³/mol. The highest BCUT2D eigenvalue weighted by Gasteiger charge is 2.15. The highest BCUT2D eigenvalue weighted by Crippen LogP contribution is 2.24. The number of aromatic nitrogens is 3. The zero-order valence-corrected chi connectivity index (χ0v) is 12.4. The van der Waals surface area contributed by atoms with Gasteiger partial charge in [0.1, 0.15) is 0 Å². The zero-order chi connectivity index (χ0) is 14.2. The molecule has 0 unspecified atom stereocenters. The number of rotatable bonds is 7. The molecule has 0 radical (unpaired) electrons. The Morgan fingerprint density at radius 1 is 1.00 bits per heavy atom. The molecule has 6 nitrogen and oxygen atoms in total. The normalized spacial score (nSPS) is 15.9. The van der Waals surface area contributed by atoms with E-state index in [4.69, 9.17) is 9.47 Å². The van der Waals surface area contributed by atoms with Crippen LogP contribution in [0.25, 0.3) is 0 Å². The Labute approximate surface area is 120 Å². The van der Waals surface area contributed by atoms with Crippen molar-refractivity contribution in [2.75, 3.05) is 25.1 Å². The average Bonchev–Trinajstić information content (AvgIpc) is 2.47. The fraction of sp³-hybridized carbons (Fsp3) is 0.786. The van der Waals surface area contributed by atoms with Gasteiger partial charge < -0.3 is 14.8 Å². The summed E-state index contributed by atoms with van der Waals surface area (Å²) in [5, 5.41) is 3.06. The van der Waals surface area contributed by atoms with Crippen molar-refractivity contribution < 1.29 is 9.47 Å². The van der Waals surface area contributed by atoms with Gasteiger partial charge >= 0.3 is 12.0 Å². The monoisotopic (exact) mass is 280 g/mol. The molecule has 1 saturated carbocycles. The maximum absolute atomic E-state index is 5.74. The third-order valence-corrected chi connectivity index (χ3v) is 3.38. The molecule has 0 spiro atoms. The Hall–Kier alpha value is -1.59. The molecule has 2 rings (SSSR count). The molecule has 112 valence electrons. The first-order valence-electron chi connectivity index (χ1n) is 7.57. The third kappa shape index (κ3) is 4.51. The average molecular weight is 280 g/mol. The van der Waals surface area contributed by atoms with Crippen LogP contribution in [0.2, 0.25) is 0 Å². The van der Waals surface area contributed by atoms with Crippen molar-refractivity contribution in [3.05, 3.63) is 0 Å². The van der Waals surface area contributed by atoms with Crippen LogP contribution in [0.15, 0.2) is 0 Å². The molecule has 20 heavy (non-hydrogen) atoms. The van der Waals surface area contributed by atoms with Crippen LogP contribution in [0.5, 0.6) is 12.0 Å². The molecule has 1 aromatic rings. The van der Waals surface area contributed by atoms with Gasteiger partial charge in [0.15, 0.2) is 0 Å². The van der Waals surface area contributed by atoms with Gasteiger partial charge in [-0.25, -0.2) is 0 Å². The van der Waals surface area contributed by atoms with E-state index in [1.807, 2.05) is 13.8 Å². The van der Waals surface area contributed by atoms with E-state index in [1.165, 1.54) is 32.1 Å². The number of hydrogen-bond acceptors (Lipinski definition) is 6. The van der Waals surface area contributed by atoms with E-state index in [0.717, 1.165) is 6.54 Å². The highest BCUT2D eigenvalue weighted by atomic mass is 16.5. The Morgan fingerprint density at radius 3 is 2.35 bits per heavy atom. The molecule has 0 aromatic carbocycles. The van der Waals surface area contributed by atoms with Crippen molar-refractivity contribution in [3.8, 4) is 12.0 Å². The molecular formula is C14H24N4O2. The van der Waals surface area contributed by atoms with Gasteiger partial charge in [-0.1, -0.05) is 19.3 Å². The van der Waals surface area contributed by atoms with E-state index in [2.05, 4.69) is 20.3 Å². The Bertz CT molecular complexity index is 384. The topological polar surface area (TPSA) is 69.2 Å². The van der Waals surface area contributed by atoms with Gasteiger partial charge in [-0.2, -0.15) is 9.97 Å². The van der Waals surface area contributed by atoms with Gasteiger partial charge in [0, 0.05) is 6.54 Å². The van der Waals surface area contributed by atoms with Crippen molar-refractivity contribution in [1.29, 1.82) is 0 Å². The van der Waals surface area contributed by atoms with Gasteiger partial charge in [-0.05, 0) is 32.6 Å². The van der Waals surface area contributed by atoms with E-state index in [0.29, 0.717) is 37.1 Å². The third-order valence-electron chi connectivity index (χ3n) is 3.38. The van der Waals surface area contributed by atoms with E-state index >= 15 is 0 Å². The largest absolute Gasteiger partial charge is 0.464 e. The smallest absolute Gasteiger partial charge is 0.324 e. The van der Waals surface area contributed by atoms with Crippen molar-refractivity contribution in [2.45, 2.75) is 46.0 Å². The lowest BCUT2D eigenvalue weighted by Crippen LogP contribution is -2.17. The van der Waals surface area contributed by atoms with Crippen LogP contribution in [-0.2, 0) is 0 Å². The van der Waals surface area contributed by atoms with Crippen LogP contribution in [0, 0.1) is 5.92 Å². The van der Waals surface area contributed by atoms with Gasteiger partial charge in [-0.3, -0.25) is 0 Å². The summed E-state index contributed by atoms with van der Waals surface area (Å²) >= 11 is 0. The molecule has 0 amide bonds. The minimum Gasteiger partial charge on any atom is -0.464 e. The maximum Gasteiger partial charge on any atom is 0.324 e. The summed E-state index contributed by atoms with van der Waals surface area (Å²) in [4.78, 5) is 12.6. The molecule has 1 N–H and O–H groups in total. The van der Waals surface area contributed by atoms with E-state index in [-0.39, 0.29) is 0 Å². The molecule has 0 bridgehead atoms. The first kappa shape index (κ1) is 14.8. The Balaban J connectivity index is 1.97. The van der Waals surface area contributed by atoms with Gasteiger partial charge in [0.25, 0.3) is 0 Å². The summed E-state index contributed by atoms with van der Waals surface area (Å²) in [5.41, 5.74) is 0. The fourth-order valence-corrected chi connectivity index (χ4v) is 2.38. The minimum absolute atomic E-state index is 0.317. The lowest BCUT2D eigenvalue weighted by molar-refractivity contribution is 0.192. The summed E-state index contributed by atoms with van der Waals surface area (Å²) in [5.74, 6) is 1.13.